The summed E-state index contributed by atoms with van der Waals surface area (Å²) in [5.74, 6) is 6.89. The van der Waals surface area contributed by atoms with Gasteiger partial charge < -0.3 is 5.43 Å². The van der Waals surface area contributed by atoms with Crippen LogP contribution >= 0.6 is 0 Å². The van der Waals surface area contributed by atoms with Crippen LogP contribution in [0.15, 0.2) is 18.3 Å². The Balaban J connectivity index is 1.91. The highest BCUT2D eigenvalue weighted by Gasteiger charge is 2.30. The molecule has 1 heterocycles. The predicted molar refractivity (Wildman–Crippen MR) is 65.7 cm³/mol. The molecule has 0 spiro atoms. The van der Waals surface area contributed by atoms with Crippen molar-refractivity contribution in [3.63, 3.8) is 0 Å². The van der Waals surface area contributed by atoms with E-state index < -0.39 is 0 Å². The second-order valence-electron chi connectivity index (χ2n) is 4.69. The van der Waals surface area contributed by atoms with Gasteiger partial charge in [0.05, 0.1) is 0 Å². The lowest BCUT2D eigenvalue weighted by atomic mass is 10.1. The molecule has 0 aromatic carbocycles. The third kappa shape index (κ3) is 2.71. The molecule has 0 amide bonds. The summed E-state index contributed by atoms with van der Waals surface area (Å²) in [7, 11) is 2.18. The van der Waals surface area contributed by atoms with Crippen molar-refractivity contribution < 1.29 is 0 Å². The number of hydrazine groups is 1. The van der Waals surface area contributed by atoms with Gasteiger partial charge in [-0.05, 0) is 44.4 Å². The van der Waals surface area contributed by atoms with Crippen LogP contribution in [-0.2, 0) is 6.54 Å². The van der Waals surface area contributed by atoms with Gasteiger partial charge in [-0.2, -0.15) is 0 Å². The average molecular weight is 220 g/mol. The first-order valence-electron chi connectivity index (χ1n) is 5.82. The summed E-state index contributed by atoms with van der Waals surface area (Å²) in [6.45, 7) is 3.26. The molecule has 1 unspecified atom stereocenters. The van der Waals surface area contributed by atoms with Gasteiger partial charge in [0.1, 0.15) is 5.82 Å². The summed E-state index contributed by atoms with van der Waals surface area (Å²) in [5.41, 5.74) is 3.76. The lowest BCUT2D eigenvalue weighted by Crippen LogP contribution is -2.30. The lowest BCUT2D eigenvalue weighted by Gasteiger charge is -2.24. The van der Waals surface area contributed by atoms with E-state index in [2.05, 4.69) is 35.3 Å². The summed E-state index contributed by atoms with van der Waals surface area (Å²) < 4.78 is 0. The number of nitrogens with zero attached hydrogens (tertiary/aromatic N) is 2. The van der Waals surface area contributed by atoms with Gasteiger partial charge in [-0.25, -0.2) is 10.8 Å². The Kier molecular flexibility index (Phi) is 3.41. The third-order valence-corrected chi connectivity index (χ3v) is 3.40. The lowest BCUT2D eigenvalue weighted by molar-refractivity contribution is 0.226. The number of hydrogen-bond acceptors (Lipinski definition) is 4. The second kappa shape index (κ2) is 4.80. The molecule has 16 heavy (non-hydrogen) atoms. The van der Waals surface area contributed by atoms with E-state index in [1.54, 1.807) is 0 Å². The van der Waals surface area contributed by atoms with Crippen molar-refractivity contribution in [3.8, 4) is 0 Å². The first-order chi connectivity index (χ1) is 7.70. The molecule has 1 aromatic heterocycles. The maximum absolute atomic E-state index is 5.27. The zero-order valence-electron chi connectivity index (χ0n) is 9.98. The van der Waals surface area contributed by atoms with E-state index in [9.17, 15) is 0 Å². The number of nitrogens with two attached hydrogens (primary N) is 1. The summed E-state index contributed by atoms with van der Waals surface area (Å²) in [4.78, 5) is 6.60. The van der Waals surface area contributed by atoms with Crippen LogP contribution in [0.1, 0.15) is 25.3 Å². The first-order valence-corrected chi connectivity index (χ1v) is 5.82. The Morgan fingerprint density at radius 1 is 1.56 bits per heavy atom. The molecule has 1 aliphatic rings. The highest BCUT2D eigenvalue weighted by molar-refractivity contribution is 5.33. The monoisotopic (exact) mass is 220 g/mol. The number of aromatic nitrogens is 1. The van der Waals surface area contributed by atoms with Crippen molar-refractivity contribution in [2.24, 2.45) is 11.8 Å². The van der Waals surface area contributed by atoms with Gasteiger partial charge in [0.15, 0.2) is 0 Å². The summed E-state index contributed by atoms with van der Waals surface area (Å²) in [6.07, 6.45) is 4.66. The molecule has 0 aliphatic heterocycles. The van der Waals surface area contributed by atoms with Crippen LogP contribution in [-0.4, -0.2) is 23.0 Å². The van der Waals surface area contributed by atoms with Crippen LogP contribution in [0, 0.1) is 5.92 Å². The van der Waals surface area contributed by atoms with Crippen LogP contribution in [0.25, 0.3) is 0 Å². The van der Waals surface area contributed by atoms with Crippen LogP contribution in [0.3, 0.4) is 0 Å². The van der Waals surface area contributed by atoms with Crippen LogP contribution < -0.4 is 11.3 Å². The summed E-state index contributed by atoms with van der Waals surface area (Å²) in [6, 6.07) is 4.65. The van der Waals surface area contributed by atoms with Crippen molar-refractivity contribution in [2.45, 2.75) is 32.4 Å². The summed E-state index contributed by atoms with van der Waals surface area (Å²) >= 11 is 0. The average Bonchev–Trinajstić information content (AvgIpc) is 3.13. The highest BCUT2D eigenvalue weighted by atomic mass is 15.2. The fourth-order valence-corrected chi connectivity index (χ4v) is 1.97. The van der Waals surface area contributed by atoms with Gasteiger partial charge in [0.25, 0.3) is 0 Å². The van der Waals surface area contributed by atoms with Crippen molar-refractivity contribution in [1.82, 2.24) is 9.88 Å². The minimum absolute atomic E-state index is 0.673. The van der Waals surface area contributed by atoms with Crippen LogP contribution in [0.5, 0.6) is 0 Å². The van der Waals surface area contributed by atoms with Gasteiger partial charge in [-0.1, -0.05) is 6.07 Å². The fourth-order valence-electron chi connectivity index (χ4n) is 1.97. The molecular weight excluding hydrogens is 200 g/mol. The van der Waals surface area contributed by atoms with Crippen molar-refractivity contribution in [1.29, 1.82) is 0 Å². The zero-order chi connectivity index (χ0) is 11.5. The Morgan fingerprint density at radius 3 is 2.81 bits per heavy atom. The number of nitrogen functional groups attached to an aromatic ring is 1. The quantitative estimate of drug-likeness (QED) is 0.584. The van der Waals surface area contributed by atoms with E-state index in [0.717, 1.165) is 12.5 Å². The number of rotatable bonds is 5. The molecule has 1 atom stereocenters. The molecule has 0 bridgehead atoms. The Bertz CT molecular complexity index is 331. The van der Waals surface area contributed by atoms with E-state index >= 15 is 0 Å². The van der Waals surface area contributed by atoms with Gasteiger partial charge in [-0.15, -0.1) is 0 Å². The van der Waals surface area contributed by atoms with Crippen molar-refractivity contribution in [3.05, 3.63) is 23.9 Å². The minimum Gasteiger partial charge on any atom is -0.308 e. The number of anilines is 1. The van der Waals surface area contributed by atoms with Crippen LogP contribution in [0.4, 0.5) is 5.82 Å². The SMILES string of the molecule is CC(C1CC1)N(C)Cc1ccc(NN)nc1. The van der Waals surface area contributed by atoms with Gasteiger partial charge in [0.2, 0.25) is 0 Å². The van der Waals surface area contributed by atoms with Gasteiger partial charge in [0, 0.05) is 18.8 Å². The second-order valence-corrected chi connectivity index (χ2v) is 4.69. The van der Waals surface area contributed by atoms with Crippen molar-refractivity contribution >= 4 is 5.82 Å². The Labute approximate surface area is 96.8 Å². The molecular formula is C12H20N4. The predicted octanol–water partition coefficient (Wildman–Crippen LogP) is 1.60. The van der Waals surface area contributed by atoms with E-state index in [1.165, 1.54) is 18.4 Å². The Hall–Kier alpha value is -1.13. The molecule has 4 heteroatoms. The normalized spacial score (nSPS) is 17.5. The number of nitrogens with one attached hydrogen (secondary N) is 1. The maximum atomic E-state index is 5.27. The number of pyridine rings is 1. The smallest absolute Gasteiger partial charge is 0.139 e. The van der Waals surface area contributed by atoms with Crippen molar-refractivity contribution in [2.75, 3.05) is 12.5 Å². The third-order valence-electron chi connectivity index (χ3n) is 3.40. The molecule has 0 saturated heterocycles. The first kappa shape index (κ1) is 11.4. The standard InChI is InChI=1S/C12H20N4/c1-9(11-4-5-11)16(2)8-10-3-6-12(15-13)14-7-10/h3,6-7,9,11H,4-5,8,13H2,1-2H3,(H,14,15). The van der Waals surface area contributed by atoms with E-state index in [0.29, 0.717) is 11.9 Å². The molecule has 88 valence electrons. The largest absolute Gasteiger partial charge is 0.308 e. The molecule has 1 aliphatic carbocycles. The topological polar surface area (TPSA) is 54.2 Å². The van der Waals surface area contributed by atoms with Gasteiger partial charge in [-0.3, -0.25) is 4.90 Å². The summed E-state index contributed by atoms with van der Waals surface area (Å²) in [5, 5.41) is 0. The maximum Gasteiger partial charge on any atom is 0.139 e. The van der Waals surface area contributed by atoms with E-state index in [1.807, 2.05) is 12.3 Å². The molecule has 1 saturated carbocycles. The van der Waals surface area contributed by atoms with Gasteiger partial charge >= 0.3 is 0 Å². The molecule has 2 rings (SSSR count). The Morgan fingerprint density at radius 2 is 2.31 bits per heavy atom. The minimum atomic E-state index is 0.673. The molecule has 1 aromatic rings. The molecule has 3 N–H and O–H groups in total. The van der Waals surface area contributed by atoms with E-state index in [-0.39, 0.29) is 0 Å². The zero-order valence-corrected chi connectivity index (χ0v) is 9.98. The fraction of sp³-hybridized carbons (Fsp3) is 0.583. The number of hydrogen-bond donors (Lipinski definition) is 2. The molecule has 1 fully saturated rings. The molecule has 0 radical (unpaired) electrons. The highest BCUT2D eigenvalue weighted by Crippen LogP contribution is 2.34. The van der Waals surface area contributed by atoms with Crippen LogP contribution in [0.2, 0.25) is 0 Å². The van der Waals surface area contributed by atoms with E-state index in [4.69, 9.17) is 5.84 Å². The molecule has 4 nitrogen and oxygen atoms in total.